The summed E-state index contributed by atoms with van der Waals surface area (Å²) in [5.41, 5.74) is 1.28. The van der Waals surface area contributed by atoms with E-state index in [9.17, 15) is 0 Å². The maximum atomic E-state index is 6.68. The number of nitrogens with zero attached hydrogens (tertiary/aromatic N) is 1. The van der Waals surface area contributed by atoms with Gasteiger partial charge in [-0.1, -0.05) is 41.9 Å². The molecule has 0 saturated carbocycles. The van der Waals surface area contributed by atoms with Gasteiger partial charge < -0.3 is 12.4 Å². The largest absolute Gasteiger partial charge is 1.00 e. The molecule has 0 aliphatic carbocycles. The van der Waals surface area contributed by atoms with E-state index in [0.29, 0.717) is 0 Å². The second kappa shape index (κ2) is 9.07. The van der Waals surface area contributed by atoms with Gasteiger partial charge in [0, 0.05) is 29.0 Å². The third-order valence-corrected chi connectivity index (χ3v) is 5.58. The summed E-state index contributed by atoms with van der Waals surface area (Å²) in [5, 5.41) is 0. The van der Waals surface area contributed by atoms with E-state index in [2.05, 4.69) is 54.5 Å². The molecule has 2 atom stereocenters. The van der Waals surface area contributed by atoms with Gasteiger partial charge in [0.2, 0.25) is 4.05 Å². The highest BCUT2D eigenvalue weighted by molar-refractivity contribution is 14.1. The van der Waals surface area contributed by atoms with Gasteiger partial charge in [-0.25, -0.2) is 0 Å². The number of alkyl halides is 2. The SMILES string of the molecule is C#CC(I)[N+](CC)(CC)C(Cl)Cc1ccccc1.[Cl-]. The zero-order valence-corrected chi connectivity index (χ0v) is 15.0. The molecule has 1 rings (SSSR count). The van der Waals surface area contributed by atoms with E-state index in [1.807, 2.05) is 18.2 Å². The first kappa shape index (κ1) is 19.1. The van der Waals surface area contributed by atoms with Gasteiger partial charge in [-0.2, -0.15) is 0 Å². The molecule has 1 aromatic rings. The van der Waals surface area contributed by atoms with Crippen LogP contribution in [0.2, 0.25) is 0 Å². The average Bonchev–Trinajstić information content (AvgIpc) is 2.41. The van der Waals surface area contributed by atoms with Crippen molar-refractivity contribution in [3.05, 3.63) is 35.9 Å². The Morgan fingerprint density at radius 1 is 1.26 bits per heavy atom. The number of likely N-dealkylation sites (N-methyl/N-ethyl adjacent to an activating group) is 1. The maximum absolute atomic E-state index is 6.68. The van der Waals surface area contributed by atoms with Crippen LogP contribution in [0, 0.1) is 12.3 Å². The molecule has 0 spiro atoms. The van der Waals surface area contributed by atoms with Crippen molar-refractivity contribution >= 4 is 34.2 Å². The molecule has 0 amide bonds. The Morgan fingerprint density at radius 3 is 2.21 bits per heavy atom. The topological polar surface area (TPSA) is 0 Å². The summed E-state index contributed by atoms with van der Waals surface area (Å²) in [6, 6.07) is 10.4. The van der Waals surface area contributed by atoms with Gasteiger partial charge in [0.05, 0.1) is 13.1 Å². The normalized spacial score (nSPS) is 14.1. The number of rotatable bonds is 6. The molecule has 0 bridgehead atoms. The number of benzene rings is 1. The number of terminal acetylenes is 1. The Labute approximate surface area is 141 Å². The summed E-state index contributed by atoms with van der Waals surface area (Å²) in [6.45, 7) is 6.23. The molecule has 1 aromatic carbocycles. The maximum Gasteiger partial charge on any atom is 0.201 e. The van der Waals surface area contributed by atoms with Crippen molar-refractivity contribution in [3.8, 4) is 12.3 Å². The fourth-order valence-electron chi connectivity index (χ4n) is 2.22. The molecule has 106 valence electrons. The van der Waals surface area contributed by atoms with Crippen LogP contribution in [-0.4, -0.2) is 27.1 Å². The number of hydrogen-bond donors (Lipinski definition) is 0. The number of hydrogen-bond acceptors (Lipinski definition) is 0. The summed E-state index contributed by atoms with van der Waals surface area (Å²) < 4.78 is 0.872. The second-order valence-corrected chi connectivity index (χ2v) is 6.05. The van der Waals surface area contributed by atoms with Crippen molar-refractivity contribution in [2.75, 3.05) is 13.1 Å². The number of quaternary nitrogens is 1. The predicted octanol–water partition coefficient (Wildman–Crippen LogP) is 1.05. The van der Waals surface area contributed by atoms with E-state index in [1.165, 1.54) is 5.56 Å². The Kier molecular flexibility index (Phi) is 9.10. The zero-order chi connectivity index (χ0) is 13.6. The first-order valence-electron chi connectivity index (χ1n) is 6.25. The lowest BCUT2D eigenvalue weighted by atomic mass is 10.1. The Bertz CT molecular complexity index is 398. The van der Waals surface area contributed by atoms with Gasteiger partial charge in [-0.05, 0) is 25.3 Å². The lowest BCUT2D eigenvalue weighted by Gasteiger charge is -2.42. The highest BCUT2D eigenvalue weighted by Gasteiger charge is 2.38. The summed E-state index contributed by atoms with van der Waals surface area (Å²) in [7, 11) is 0. The Hall–Kier alpha value is 0.0500. The molecule has 0 aliphatic rings. The predicted molar refractivity (Wildman–Crippen MR) is 87.8 cm³/mol. The van der Waals surface area contributed by atoms with Crippen LogP contribution in [0.15, 0.2) is 30.3 Å². The quantitative estimate of drug-likeness (QED) is 0.216. The minimum absolute atomic E-state index is 0. The fraction of sp³-hybridized carbons (Fsp3) is 0.467. The minimum atomic E-state index is 0. The molecule has 19 heavy (non-hydrogen) atoms. The summed E-state index contributed by atoms with van der Waals surface area (Å²) in [5.74, 6) is 2.85. The third kappa shape index (κ3) is 4.53. The van der Waals surface area contributed by atoms with Gasteiger partial charge in [-0.3, -0.25) is 4.48 Å². The van der Waals surface area contributed by atoms with E-state index >= 15 is 0 Å². The first-order chi connectivity index (χ1) is 8.60. The smallest absolute Gasteiger partial charge is 0.201 e. The van der Waals surface area contributed by atoms with Crippen molar-refractivity contribution in [2.24, 2.45) is 0 Å². The van der Waals surface area contributed by atoms with E-state index < -0.39 is 0 Å². The molecule has 1 nitrogen and oxygen atoms in total. The molecule has 0 N–H and O–H groups in total. The highest BCUT2D eigenvalue weighted by Crippen LogP contribution is 2.28. The highest BCUT2D eigenvalue weighted by atomic mass is 127. The third-order valence-electron chi connectivity index (χ3n) is 3.57. The Balaban J connectivity index is 0.00000324. The summed E-state index contributed by atoms with van der Waals surface area (Å²) in [6.07, 6.45) is 6.46. The second-order valence-electron chi connectivity index (χ2n) is 4.36. The molecular weight excluding hydrogens is 392 g/mol. The first-order valence-corrected chi connectivity index (χ1v) is 7.93. The van der Waals surface area contributed by atoms with Crippen LogP contribution in [0.25, 0.3) is 0 Å². The van der Waals surface area contributed by atoms with E-state index in [1.54, 1.807) is 0 Å². The monoisotopic (exact) mass is 411 g/mol. The van der Waals surface area contributed by atoms with Crippen molar-refractivity contribution in [1.82, 2.24) is 0 Å². The summed E-state index contributed by atoms with van der Waals surface area (Å²) in [4.78, 5) is 0. The molecule has 0 saturated heterocycles. The van der Waals surface area contributed by atoms with Gasteiger partial charge >= 0.3 is 0 Å². The van der Waals surface area contributed by atoms with Gasteiger partial charge in [-0.15, -0.1) is 6.42 Å². The van der Waals surface area contributed by atoms with Crippen LogP contribution in [0.5, 0.6) is 0 Å². The average molecular weight is 412 g/mol. The van der Waals surface area contributed by atoms with Gasteiger partial charge in [0.25, 0.3) is 0 Å². The van der Waals surface area contributed by atoms with E-state index in [-0.39, 0.29) is 22.0 Å². The van der Waals surface area contributed by atoms with Crippen LogP contribution in [0.3, 0.4) is 0 Å². The lowest BCUT2D eigenvalue weighted by Crippen LogP contribution is -3.00. The van der Waals surface area contributed by atoms with Crippen molar-refractivity contribution in [3.63, 3.8) is 0 Å². The molecule has 0 radical (unpaired) electrons. The Morgan fingerprint density at radius 2 is 1.79 bits per heavy atom. The standard InChI is InChI=1S/C15H20ClIN.ClH/c1-4-15(17)18(5-2,6-3)14(16)12-13-10-8-7-9-11-13;/h1,7-11,14-15H,5-6,12H2,2-3H3;1H/q+1;/p-1. The molecule has 2 unspecified atom stereocenters. The molecule has 4 heteroatoms. The van der Waals surface area contributed by atoms with Crippen LogP contribution in [-0.2, 0) is 6.42 Å². The van der Waals surface area contributed by atoms with Crippen LogP contribution >= 0.6 is 34.2 Å². The van der Waals surface area contributed by atoms with Crippen molar-refractivity contribution < 1.29 is 16.9 Å². The van der Waals surface area contributed by atoms with Crippen LogP contribution < -0.4 is 12.4 Å². The van der Waals surface area contributed by atoms with Crippen LogP contribution in [0.4, 0.5) is 0 Å². The lowest BCUT2D eigenvalue weighted by molar-refractivity contribution is -0.934. The molecule has 0 fully saturated rings. The van der Waals surface area contributed by atoms with Gasteiger partial charge in [0.15, 0.2) is 5.50 Å². The van der Waals surface area contributed by atoms with Crippen molar-refractivity contribution in [2.45, 2.75) is 29.8 Å². The van der Waals surface area contributed by atoms with Gasteiger partial charge in [0.1, 0.15) is 0 Å². The molecule has 0 heterocycles. The molecular formula is C15H20Cl2IN. The van der Waals surface area contributed by atoms with E-state index in [4.69, 9.17) is 18.0 Å². The van der Waals surface area contributed by atoms with Crippen molar-refractivity contribution in [1.29, 1.82) is 0 Å². The number of halogens is 3. The summed E-state index contributed by atoms with van der Waals surface area (Å²) >= 11 is 9.01. The zero-order valence-electron chi connectivity index (χ0n) is 11.3. The fourth-order valence-corrected chi connectivity index (χ4v) is 4.15. The minimum Gasteiger partial charge on any atom is -1.00 e. The van der Waals surface area contributed by atoms with E-state index in [0.717, 1.165) is 24.0 Å². The molecule has 0 aromatic heterocycles. The molecule has 0 aliphatic heterocycles. The van der Waals surface area contributed by atoms with Crippen LogP contribution in [0.1, 0.15) is 19.4 Å².